The summed E-state index contributed by atoms with van der Waals surface area (Å²) in [7, 11) is 0. The number of amides is 4. The van der Waals surface area contributed by atoms with Gasteiger partial charge in [0.05, 0.1) is 5.69 Å². The molecule has 33 heavy (non-hydrogen) atoms. The maximum atomic E-state index is 14.3. The monoisotopic (exact) mass is 528 g/mol. The molecule has 3 aromatic carbocycles. The summed E-state index contributed by atoms with van der Waals surface area (Å²) in [4.78, 5) is 38.4. The van der Waals surface area contributed by atoms with Crippen LogP contribution >= 0.6 is 27.5 Å². The van der Waals surface area contributed by atoms with Gasteiger partial charge in [-0.2, -0.15) is 0 Å². The van der Waals surface area contributed by atoms with E-state index in [0.717, 1.165) is 11.6 Å². The Morgan fingerprint density at radius 2 is 1.82 bits per heavy atom. The molecule has 1 aliphatic heterocycles. The number of barbiturate groups is 1. The number of hydrogen-bond acceptors (Lipinski definition) is 4. The van der Waals surface area contributed by atoms with Crippen molar-refractivity contribution in [3.8, 4) is 5.75 Å². The third-order valence-electron chi connectivity index (χ3n) is 4.75. The number of anilines is 1. The molecular weight excluding hydrogens is 515 g/mol. The minimum atomic E-state index is -1.03. The van der Waals surface area contributed by atoms with Crippen molar-refractivity contribution in [2.24, 2.45) is 0 Å². The van der Waals surface area contributed by atoms with Gasteiger partial charge >= 0.3 is 6.03 Å². The fourth-order valence-corrected chi connectivity index (χ4v) is 3.81. The van der Waals surface area contributed by atoms with Crippen LogP contribution in [0, 0.1) is 5.82 Å². The zero-order valence-corrected chi connectivity index (χ0v) is 19.2. The fraction of sp³-hybridized carbons (Fsp3) is 0.0417. The Morgan fingerprint density at radius 1 is 1.03 bits per heavy atom. The normalized spacial score (nSPS) is 15.1. The van der Waals surface area contributed by atoms with Crippen LogP contribution in [0.15, 0.2) is 76.8 Å². The lowest BCUT2D eigenvalue weighted by atomic mass is 10.1. The Hall–Kier alpha value is -3.49. The highest BCUT2D eigenvalue weighted by molar-refractivity contribution is 9.10. The van der Waals surface area contributed by atoms with Gasteiger partial charge in [0, 0.05) is 15.1 Å². The lowest BCUT2D eigenvalue weighted by Gasteiger charge is -2.26. The third-order valence-corrected chi connectivity index (χ3v) is 5.48. The van der Waals surface area contributed by atoms with E-state index in [0.29, 0.717) is 25.7 Å². The molecule has 4 amide bonds. The maximum absolute atomic E-state index is 14.3. The van der Waals surface area contributed by atoms with E-state index in [4.69, 9.17) is 16.3 Å². The Morgan fingerprint density at radius 3 is 2.58 bits per heavy atom. The Bertz CT molecular complexity index is 1310. The summed E-state index contributed by atoms with van der Waals surface area (Å²) >= 11 is 9.38. The molecule has 1 saturated heterocycles. The van der Waals surface area contributed by atoms with Crippen LogP contribution < -0.4 is 15.0 Å². The number of para-hydroxylation sites is 1. The standard InChI is InChI=1S/C24H15BrClFN2O4/c25-16-8-9-21(33-13-14-4-3-5-17(26)10-14)15(11-16)12-18-22(30)28-24(32)29(23(18)31)20-7-2-1-6-19(20)27/h1-12H,13H2,(H,28,30,32)/b18-12-. The number of benzene rings is 3. The number of carbonyl (C=O) groups excluding carboxylic acids is 3. The number of ether oxygens (including phenoxy) is 1. The summed E-state index contributed by atoms with van der Waals surface area (Å²) in [5, 5.41) is 2.65. The molecule has 6 nitrogen and oxygen atoms in total. The number of nitrogens with one attached hydrogen (secondary N) is 1. The molecule has 3 aromatic rings. The molecule has 0 spiro atoms. The molecule has 1 heterocycles. The van der Waals surface area contributed by atoms with E-state index in [1.807, 2.05) is 6.07 Å². The second kappa shape index (κ2) is 9.56. The molecule has 0 radical (unpaired) electrons. The van der Waals surface area contributed by atoms with E-state index in [2.05, 4.69) is 21.2 Å². The highest BCUT2D eigenvalue weighted by atomic mass is 79.9. The number of halogens is 3. The van der Waals surface area contributed by atoms with Crippen LogP contribution in [0.3, 0.4) is 0 Å². The van der Waals surface area contributed by atoms with E-state index in [1.54, 1.807) is 36.4 Å². The minimum absolute atomic E-state index is 0.193. The largest absolute Gasteiger partial charge is 0.488 e. The number of hydrogen-bond donors (Lipinski definition) is 1. The Balaban J connectivity index is 1.69. The van der Waals surface area contributed by atoms with Crippen molar-refractivity contribution in [3.05, 3.63) is 98.7 Å². The van der Waals surface area contributed by atoms with Crippen LogP contribution in [-0.4, -0.2) is 17.8 Å². The minimum Gasteiger partial charge on any atom is -0.488 e. The Kier molecular flexibility index (Phi) is 6.57. The highest BCUT2D eigenvalue weighted by Crippen LogP contribution is 2.29. The molecule has 4 rings (SSSR count). The predicted octanol–water partition coefficient (Wildman–Crippen LogP) is 5.49. The average molecular weight is 530 g/mol. The zero-order chi connectivity index (χ0) is 23.5. The SMILES string of the molecule is O=C1NC(=O)N(c2ccccc2F)C(=O)/C1=C\c1cc(Br)ccc1OCc1cccc(Cl)c1. The topological polar surface area (TPSA) is 75.7 Å². The van der Waals surface area contributed by atoms with Gasteiger partial charge in [-0.25, -0.2) is 14.1 Å². The van der Waals surface area contributed by atoms with Crippen LogP contribution in [0.25, 0.3) is 6.08 Å². The molecule has 0 aromatic heterocycles. The first-order valence-corrected chi connectivity index (χ1v) is 10.8. The molecule has 1 aliphatic rings. The number of rotatable bonds is 5. The molecular formula is C24H15BrClFN2O4. The fourth-order valence-electron chi connectivity index (χ4n) is 3.22. The summed E-state index contributed by atoms with van der Waals surface area (Å²) in [5.74, 6) is -2.23. The highest BCUT2D eigenvalue weighted by Gasteiger charge is 2.38. The number of urea groups is 1. The lowest BCUT2D eigenvalue weighted by Crippen LogP contribution is -2.54. The van der Waals surface area contributed by atoms with Gasteiger partial charge in [0.25, 0.3) is 11.8 Å². The quantitative estimate of drug-likeness (QED) is 0.350. The summed E-state index contributed by atoms with van der Waals surface area (Å²) in [6.45, 7) is 0.193. The van der Waals surface area contributed by atoms with E-state index in [1.165, 1.54) is 24.3 Å². The summed E-state index contributed by atoms with van der Waals surface area (Å²) in [5.41, 5.74) is 0.633. The number of carbonyl (C=O) groups is 3. The van der Waals surface area contributed by atoms with Gasteiger partial charge in [-0.05, 0) is 54.1 Å². The molecule has 0 aliphatic carbocycles. The van der Waals surface area contributed by atoms with Crippen LogP contribution in [0.2, 0.25) is 5.02 Å². The zero-order valence-electron chi connectivity index (χ0n) is 16.8. The van der Waals surface area contributed by atoms with Gasteiger partial charge in [0.15, 0.2) is 0 Å². The van der Waals surface area contributed by atoms with Crippen LogP contribution in [-0.2, 0) is 16.2 Å². The van der Waals surface area contributed by atoms with Crippen LogP contribution in [0.4, 0.5) is 14.9 Å². The number of imide groups is 2. The maximum Gasteiger partial charge on any atom is 0.336 e. The van der Waals surface area contributed by atoms with Crippen molar-refractivity contribution in [1.82, 2.24) is 5.32 Å². The van der Waals surface area contributed by atoms with Crippen LogP contribution in [0.5, 0.6) is 5.75 Å². The lowest BCUT2D eigenvalue weighted by molar-refractivity contribution is -0.122. The molecule has 0 saturated carbocycles. The van der Waals surface area contributed by atoms with Gasteiger partial charge in [-0.1, -0.05) is 51.8 Å². The van der Waals surface area contributed by atoms with Gasteiger partial charge in [-0.15, -0.1) is 0 Å². The Labute approximate surface area is 201 Å². The second-order valence-corrected chi connectivity index (χ2v) is 8.36. The van der Waals surface area contributed by atoms with Crippen LogP contribution in [0.1, 0.15) is 11.1 Å². The third kappa shape index (κ3) is 4.97. The van der Waals surface area contributed by atoms with E-state index < -0.39 is 23.7 Å². The van der Waals surface area contributed by atoms with Gasteiger partial charge < -0.3 is 4.74 Å². The molecule has 0 atom stereocenters. The molecule has 166 valence electrons. The summed E-state index contributed by atoms with van der Waals surface area (Å²) < 4.78 is 20.8. The van der Waals surface area contributed by atoms with Gasteiger partial charge in [-0.3, -0.25) is 14.9 Å². The smallest absolute Gasteiger partial charge is 0.336 e. The van der Waals surface area contributed by atoms with E-state index in [-0.39, 0.29) is 17.9 Å². The average Bonchev–Trinajstić information content (AvgIpc) is 2.77. The van der Waals surface area contributed by atoms with Crippen molar-refractivity contribution in [1.29, 1.82) is 0 Å². The van der Waals surface area contributed by atoms with E-state index >= 15 is 0 Å². The van der Waals surface area contributed by atoms with Crippen molar-refractivity contribution in [2.45, 2.75) is 6.61 Å². The van der Waals surface area contributed by atoms with Crippen molar-refractivity contribution < 1.29 is 23.5 Å². The first-order valence-electron chi connectivity index (χ1n) is 9.66. The molecule has 0 unspecified atom stereocenters. The molecule has 1 fully saturated rings. The molecule has 1 N–H and O–H groups in total. The van der Waals surface area contributed by atoms with Crippen molar-refractivity contribution >= 4 is 57.1 Å². The van der Waals surface area contributed by atoms with Gasteiger partial charge in [0.1, 0.15) is 23.7 Å². The second-order valence-electron chi connectivity index (χ2n) is 7.01. The van der Waals surface area contributed by atoms with Crippen molar-refractivity contribution in [2.75, 3.05) is 4.90 Å². The van der Waals surface area contributed by atoms with Gasteiger partial charge in [0.2, 0.25) is 0 Å². The van der Waals surface area contributed by atoms with Crippen molar-refractivity contribution in [3.63, 3.8) is 0 Å². The van der Waals surface area contributed by atoms with E-state index in [9.17, 15) is 18.8 Å². The summed E-state index contributed by atoms with van der Waals surface area (Å²) in [6.07, 6.45) is 1.30. The first kappa shape index (κ1) is 22.7. The predicted molar refractivity (Wildman–Crippen MR) is 125 cm³/mol. The number of nitrogens with zero attached hydrogens (tertiary/aromatic N) is 1. The molecule has 0 bridgehead atoms. The first-order chi connectivity index (χ1) is 15.8. The summed E-state index contributed by atoms with van der Waals surface area (Å²) in [6, 6.07) is 16.5. The molecule has 9 heteroatoms.